The van der Waals surface area contributed by atoms with Crippen molar-refractivity contribution in [2.24, 2.45) is 0 Å². The molecule has 0 aliphatic rings. The van der Waals surface area contributed by atoms with Crippen LogP contribution in [0.25, 0.3) is 5.57 Å². The summed E-state index contributed by atoms with van der Waals surface area (Å²) in [6.07, 6.45) is 3.51. The molecule has 0 atom stereocenters. The number of nitriles is 1. The third-order valence-corrected chi connectivity index (χ3v) is 6.22. The standard InChI is InChI=1S/C30H35N7O2.C2H6/c1-8-21-12-10-11-13-23(21)20(3)29-22(18-31)19-32-30(35-29)34-25-16-24(33-28(38)9-2)26(17-27(25)39-7)37(6)15-14-36(4)5;1-2/h9-13,16-17,19H,2-3,8,14-15H2,1,4-7H3,(H,33,38)(H,32,34,35);1-2H3. The van der Waals surface area contributed by atoms with Crippen LogP contribution in [0.15, 0.2) is 61.8 Å². The van der Waals surface area contributed by atoms with Crippen LogP contribution in [0, 0.1) is 11.3 Å². The summed E-state index contributed by atoms with van der Waals surface area (Å²) in [5.74, 6) is 0.450. The van der Waals surface area contributed by atoms with Gasteiger partial charge in [-0.05, 0) is 43.8 Å². The Morgan fingerprint density at radius 3 is 2.46 bits per heavy atom. The van der Waals surface area contributed by atoms with Gasteiger partial charge < -0.3 is 25.2 Å². The van der Waals surface area contributed by atoms with Crippen molar-refractivity contribution in [2.75, 3.05) is 56.9 Å². The zero-order valence-electron chi connectivity index (χ0n) is 25.2. The van der Waals surface area contributed by atoms with E-state index in [4.69, 9.17) is 4.74 Å². The molecule has 0 fully saturated rings. The second-order valence-corrected chi connectivity index (χ2v) is 9.17. The fourth-order valence-corrected chi connectivity index (χ4v) is 4.03. The van der Waals surface area contributed by atoms with Gasteiger partial charge in [0, 0.05) is 31.8 Å². The molecule has 41 heavy (non-hydrogen) atoms. The summed E-state index contributed by atoms with van der Waals surface area (Å²) >= 11 is 0. The molecule has 9 heteroatoms. The minimum atomic E-state index is -0.337. The average molecular weight is 556 g/mol. The van der Waals surface area contributed by atoms with E-state index in [0.717, 1.165) is 36.3 Å². The number of methoxy groups -OCH3 is 1. The number of amides is 1. The highest BCUT2D eigenvalue weighted by Gasteiger charge is 2.18. The van der Waals surface area contributed by atoms with E-state index in [1.807, 2.05) is 70.2 Å². The molecule has 1 heterocycles. The van der Waals surface area contributed by atoms with Crippen molar-refractivity contribution in [2.45, 2.75) is 27.2 Å². The number of carbonyl (C=O) groups is 1. The van der Waals surface area contributed by atoms with Crippen LogP contribution in [-0.2, 0) is 11.2 Å². The van der Waals surface area contributed by atoms with Gasteiger partial charge in [0.25, 0.3) is 0 Å². The van der Waals surface area contributed by atoms with Crippen LogP contribution in [0.3, 0.4) is 0 Å². The Hall–Kier alpha value is -4.68. The number of aromatic nitrogens is 2. The number of nitrogens with one attached hydrogen (secondary N) is 2. The largest absolute Gasteiger partial charge is 0.494 e. The summed E-state index contributed by atoms with van der Waals surface area (Å²) in [6.45, 7) is 15.4. The fourth-order valence-electron chi connectivity index (χ4n) is 4.03. The van der Waals surface area contributed by atoms with Gasteiger partial charge in [-0.2, -0.15) is 5.26 Å². The lowest BCUT2D eigenvalue weighted by atomic mass is 9.95. The van der Waals surface area contributed by atoms with Gasteiger partial charge in [0.05, 0.1) is 41.6 Å². The van der Waals surface area contributed by atoms with Crippen molar-refractivity contribution in [1.29, 1.82) is 5.26 Å². The SMILES string of the molecule is C=CC(=O)Nc1cc(Nc2ncc(C#N)c(C(=C)c3ccccc3CC)n2)c(OC)cc1N(C)CCN(C)C.CC. The highest BCUT2D eigenvalue weighted by molar-refractivity contribution is 6.02. The zero-order valence-corrected chi connectivity index (χ0v) is 25.2. The summed E-state index contributed by atoms with van der Waals surface area (Å²) < 4.78 is 5.68. The van der Waals surface area contributed by atoms with Gasteiger partial charge in [0.1, 0.15) is 11.8 Å². The molecule has 0 aliphatic heterocycles. The number of nitrogens with zero attached hydrogens (tertiary/aromatic N) is 5. The third-order valence-electron chi connectivity index (χ3n) is 6.22. The molecule has 0 radical (unpaired) electrons. The van der Waals surface area contributed by atoms with Crippen molar-refractivity contribution in [3.05, 3.63) is 84.2 Å². The van der Waals surface area contributed by atoms with Gasteiger partial charge in [0.15, 0.2) is 0 Å². The summed E-state index contributed by atoms with van der Waals surface area (Å²) in [4.78, 5) is 25.4. The molecule has 216 valence electrons. The van der Waals surface area contributed by atoms with Gasteiger partial charge >= 0.3 is 0 Å². The van der Waals surface area contributed by atoms with Crippen LogP contribution < -0.4 is 20.3 Å². The molecule has 3 rings (SSSR count). The van der Waals surface area contributed by atoms with Crippen LogP contribution in [0.2, 0.25) is 0 Å². The molecule has 0 saturated carbocycles. The van der Waals surface area contributed by atoms with Crippen LogP contribution >= 0.6 is 0 Å². The molecule has 0 bridgehead atoms. The minimum Gasteiger partial charge on any atom is -0.494 e. The summed E-state index contributed by atoms with van der Waals surface area (Å²) in [5.41, 5.74) is 5.32. The molecule has 2 N–H and O–H groups in total. The third kappa shape index (κ3) is 8.40. The number of hydrogen-bond donors (Lipinski definition) is 2. The predicted octanol–water partition coefficient (Wildman–Crippen LogP) is 5.87. The van der Waals surface area contributed by atoms with Gasteiger partial charge in [0.2, 0.25) is 11.9 Å². The topological polar surface area (TPSA) is 106 Å². The molecule has 0 unspecified atom stereocenters. The molecular formula is C32H41N7O2. The highest BCUT2D eigenvalue weighted by atomic mass is 16.5. The number of benzene rings is 2. The highest BCUT2D eigenvalue weighted by Crippen LogP contribution is 2.38. The van der Waals surface area contributed by atoms with Crippen molar-refractivity contribution in [3.8, 4) is 11.8 Å². The Bertz CT molecular complexity index is 1410. The smallest absolute Gasteiger partial charge is 0.247 e. The number of hydrogen-bond acceptors (Lipinski definition) is 8. The molecule has 3 aromatic rings. The van der Waals surface area contributed by atoms with Crippen LogP contribution in [0.1, 0.15) is 43.2 Å². The van der Waals surface area contributed by atoms with Crippen molar-refractivity contribution < 1.29 is 9.53 Å². The summed E-state index contributed by atoms with van der Waals surface area (Å²) in [7, 11) is 7.53. The Morgan fingerprint density at radius 2 is 1.85 bits per heavy atom. The quantitative estimate of drug-likeness (QED) is 0.267. The molecule has 1 amide bonds. The first kappa shape index (κ1) is 32.5. The van der Waals surface area contributed by atoms with Crippen LogP contribution in [-0.4, -0.2) is 62.1 Å². The van der Waals surface area contributed by atoms with Crippen molar-refractivity contribution in [1.82, 2.24) is 14.9 Å². The van der Waals surface area contributed by atoms with E-state index in [-0.39, 0.29) is 11.9 Å². The summed E-state index contributed by atoms with van der Waals surface area (Å²) in [6, 6.07) is 13.7. The Morgan fingerprint density at radius 1 is 1.15 bits per heavy atom. The van der Waals surface area contributed by atoms with E-state index >= 15 is 0 Å². The lowest BCUT2D eigenvalue weighted by Crippen LogP contribution is -2.29. The minimum absolute atomic E-state index is 0.257. The van der Waals surface area contributed by atoms with E-state index in [9.17, 15) is 10.1 Å². The number of rotatable bonds is 12. The summed E-state index contributed by atoms with van der Waals surface area (Å²) in [5, 5.41) is 15.8. The molecule has 2 aromatic carbocycles. The maximum Gasteiger partial charge on any atom is 0.247 e. The van der Waals surface area contributed by atoms with Crippen LogP contribution in [0.5, 0.6) is 5.75 Å². The fraction of sp³-hybridized carbons (Fsp3) is 0.312. The molecule has 9 nitrogen and oxygen atoms in total. The second kappa shape index (κ2) is 15.8. The normalized spacial score (nSPS) is 10.1. The monoisotopic (exact) mass is 555 g/mol. The predicted molar refractivity (Wildman–Crippen MR) is 169 cm³/mol. The number of likely N-dealkylation sites (N-methyl/N-ethyl adjacent to an activating group) is 2. The Labute approximate surface area is 244 Å². The Balaban J connectivity index is 0.00000287. The molecular weight excluding hydrogens is 514 g/mol. The molecule has 1 aromatic heterocycles. The first-order valence-corrected chi connectivity index (χ1v) is 13.5. The van der Waals surface area contributed by atoms with Gasteiger partial charge in [-0.1, -0.05) is 58.2 Å². The lowest BCUT2D eigenvalue weighted by molar-refractivity contribution is -0.111. The number of aryl methyl sites for hydroxylation is 1. The maximum atomic E-state index is 12.3. The average Bonchev–Trinajstić information content (AvgIpc) is 3.00. The van der Waals surface area contributed by atoms with E-state index in [2.05, 4.69) is 51.7 Å². The second-order valence-electron chi connectivity index (χ2n) is 9.17. The van der Waals surface area contributed by atoms with E-state index < -0.39 is 0 Å². The molecule has 0 spiro atoms. The van der Waals surface area contributed by atoms with Crippen molar-refractivity contribution in [3.63, 3.8) is 0 Å². The van der Waals surface area contributed by atoms with Crippen molar-refractivity contribution >= 4 is 34.5 Å². The van der Waals surface area contributed by atoms with E-state index in [1.54, 1.807) is 13.2 Å². The van der Waals surface area contributed by atoms with Crippen LogP contribution in [0.4, 0.5) is 23.0 Å². The molecule has 0 saturated heterocycles. The number of anilines is 4. The first-order valence-electron chi connectivity index (χ1n) is 13.5. The first-order chi connectivity index (χ1) is 19.7. The zero-order chi connectivity index (χ0) is 30.5. The Kier molecular flexibility index (Phi) is 12.5. The van der Waals surface area contributed by atoms with Gasteiger partial charge in [-0.3, -0.25) is 4.79 Å². The lowest BCUT2D eigenvalue weighted by Gasteiger charge is -2.26. The van der Waals surface area contributed by atoms with Gasteiger partial charge in [-0.25, -0.2) is 9.97 Å². The maximum absolute atomic E-state index is 12.3. The number of ether oxygens (including phenoxy) is 1. The molecule has 0 aliphatic carbocycles. The number of carbonyl (C=O) groups excluding carboxylic acids is 1. The van der Waals surface area contributed by atoms with E-state index in [1.165, 1.54) is 12.3 Å². The van der Waals surface area contributed by atoms with E-state index in [0.29, 0.717) is 34.0 Å². The van der Waals surface area contributed by atoms with Gasteiger partial charge in [-0.15, -0.1) is 0 Å².